The summed E-state index contributed by atoms with van der Waals surface area (Å²) in [7, 11) is 1.22. The fourth-order valence-electron chi connectivity index (χ4n) is 2.04. The lowest BCUT2D eigenvalue weighted by atomic mass is 10.1. The Balaban J connectivity index is 2.92. The molecule has 6 nitrogen and oxygen atoms in total. The van der Waals surface area contributed by atoms with Gasteiger partial charge in [-0.2, -0.15) is 0 Å². The number of ether oxygens (including phenoxy) is 1. The van der Waals surface area contributed by atoms with Gasteiger partial charge in [0.1, 0.15) is 10.4 Å². The molecule has 0 spiro atoms. The van der Waals surface area contributed by atoms with Crippen molar-refractivity contribution in [3.05, 3.63) is 29.3 Å². The number of esters is 1. The third-order valence-corrected chi connectivity index (χ3v) is 5.64. The Bertz CT molecular complexity index is 815. The van der Waals surface area contributed by atoms with E-state index in [1.807, 2.05) is 6.92 Å². The number of aryl methyl sites for hydroxylation is 1. The van der Waals surface area contributed by atoms with Gasteiger partial charge in [-0.05, 0) is 48.9 Å². The van der Waals surface area contributed by atoms with Gasteiger partial charge in [-0.3, -0.25) is 9.78 Å². The molecule has 108 valence electrons. The van der Waals surface area contributed by atoms with Gasteiger partial charge in [0.05, 0.1) is 15.4 Å². The number of nitrogens with zero attached hydrogens (tertiary/aromatic N) is 1. The summed E-state index contributed by atoms with van der Waals surface area (Å²) < 4.78 is 6.52. The van der Waals surface area contributed by atoms with E-state index in [-0.39, 0.29) is 0 Å². The molecule has 0 saturated carbocycles. The van der Waals surface area contributed by atoms with E-state index < -0.39 is 22.8 Å². The van der Waals surface area contributed by atoms with Crippen molar-refractivity contribution in [3.8, 4) is 0 Å². The standard InChI is InChI=1S/C12H13IN2O4S/c1-5-6-8(20-7(5)13)14-11(18)15(9(6)16)12(2,3)10(17)19-4/h1-4H3,(H,14,18). The molecule has 0 aliphatic rings. The first-order valence-electron chi connectivity index (χ1n) is 5.74. The lowest BCUT2D eigenvalue weighted by molar-refractivity contribution is -0.149. The van der Waals surface area contributed by atoms with Crippen molar-refractivity contribution >= 4 is 50.1 Å². The zero-order valence-electron chi connectivity index (χ0n) is 11.4. The largest absolute Gasteiger partial charge is 0.467 e. The molecule has 2 rings (SSSR count). The van der Waals surface area contributed by atoms with E-state index in [4.69, 9.17) is 0 Å². The predicted octanol–water partition coefficient (Wildman–Crippen LogP) is 1.57. The van der Waals surface area contributed by atoms with Crippen LogP contribution in [0.2, 0.25) is 0 Å². The molecule has 1 N–H and O–H groups in total. The molecule has 0 unspecified atom stereocenters. The normalized spacial score (nSPS) is 11.8. The van der Waals surface area contributed by atoms with E-state index >= 15 is 0 Å². The Hall–Kier alpha value is -1.16. The van der Waals surface area contributed by atoms with Gasteiger partial charge >= 0.3 is 11.7 Å². The number of H-pyrrole nitrogens is 1. The Labute approximate surface area is 131 Å². The van der Waals surface area contributed by atoms with Crippen LogP contribution in [-0.2, 0) is 15.1 Å². The first-order valence-corrected chi connectivity index (χ1v) is 7.64. The van der Waals surface area contributed by atoms with Gasteiger partial charge in [-0.1, -0.05) is 0 Å². The van der Waals surface area contributed by atoms with Crippen LogP contribution in [0.1, 0.15) is 19.4 Å². The molecule has 0 atom stereocenters. The number of thiophene rings is 1. The van der Waals surface area contributed by atoms with Crippen molar-refractivity contribution in [2.45, 2.75) is 26.3 Å². The van der Waals surface area contributed by atoms with E-state index in [9.17, 15) is 14.4 Å². The average Bonchev–Trinajstić information content (AvgIpc) is 2.63. The third-order valence-electron chi connectivity index (χ3n) is 3.17. The van der Waals surface area contributed by atoms with Gasteiger partial charge in [-0.25, -0.2) is 14.2 Å². The zero-order chi connectivity index (χ0) is 15.2. The Morgan fingerprint density at radius 2 is 2.00 bits per heavy atom. The molecule has 8 heteroatoms. The number of fused-ring (bicyclic) bond motifs is 1. The van der Waals surface area contributed by atoms with Crippen LogP contribution in [-0.4, -0.2) is 22.6 Å². The lowest BCUT2D eigenvalue weighted by Crippen LogP contribution is -2.50. The quantitative estimate of drug-likeness (QED) is 0.605. The van der Waals surface area contributed by atoms with Crippen molar-refractivity contribution in [3.63, 3.8) is 0 Å². The molecule has 0 amide bonds. The summed E-state index contributed by atoms with van der Waals surface area (Å²) in [6.45, 7) is 4.78. The number of nitrogens with one attached hydrogen (secondary N) is 1. The van der Waals surface area contributed by atoms with Crippen LogP contribution < -0.4 is 11.2 Å². The molecule has 0 aromatic carbocycles. The fraction of sp³-hybridized carbons (Fsp3) is 0.417. The van der Waals surface area contributed by atoms with Gasteiger partial charge in [-0.15, -0.1) is 11.3 Å². The van der Waals surface area contributed by atoms with Crippen molar-refractivity contribution in [2.75, 3.05) is 7.11 Å². The van der Waals surface area contributed by atoms with Crippen LogP contribution in [0.25, 0.3) is 10.2 Å². The fourth-order valence-corrected chi connectivity index (χ4v) is 3.88. The zero-order valence-corrected chi connectivity index (χ0v) is 14.3. The Kier molecular flexibility index (Phi) is 3.80. The van der Waals surface area contributed by atoms with Crippen LogP contribution >= 0.6 is 33.9 Å². The van der Waals surface area contributed by atoms with Crippen molar-refractivity contribution < 1.29 is 9.53 Å². The van der Waals surface area contributed by atoms with E-state index in [0.29, 0.717) is 10.2 Å². The maximum atomic E-state index is 12.6. The third kappa shape index (κ3) is 2.10. The van der Waals surface area contributed by atoms with Crippen molar-refractivity contribution in [1.29, 1.82) is 0 Å². The molecule has 0 fully saturated rings. The molecule has 2 heterocycles. The highest BCUT2D eigenvalue weighted by atomic mass is 127. The summed E-state index contributed by atoms with van der Waals surface area (Å²) in [5, 5.41) is 0.441. The number of carbonyl (C=O) groups excluding carboxylic acids is 1. The highest BCUT2D eigenvalue weighted by Gasteiger charge is 2.35. The van der Waals surface area contributed by atoms with Gasteiger partial charge in [0.2, 0.25) is 0 Å². The first kappa shape index (κ1) is 15.2. The van der Waals surface area contributed by atoms with Gasteiger partial charge in [0.25, 0.3) is 5.56 Å². The second kappa shape index (κ2) is 4.99. The molecular formula is C12H13IN2O4S. The summed E-state index contributed by atoms with van der Waals surface area (Å²) in [5.74, 6) is -0.646. The topological polar surface area (TPSA) is 81.2 Å². The number of hydrogen-bond acceptors (Lipinski definition) is 5. The lowest BCUT2D eigenvalue weighted by Gasteiger charge is -2.23. The van der Waals surface area contributed by atoms with Crippen LogP contribution in [0.5, 0.6) is 0 Å². The van der Waals surface area contributed by atoms with Crippen LogP contribution in [0.4, 0.5) is 0 Å². The molecule has 2 aromatic rings. The van der Waals surface area contributed by atoms with Gasteiger partial charge in [0.15, 0.2) is 0 Å². The second-order valence-electron chi connectivity index (χ2n) is 4.83. The molecule has 0 bridgehead atoms. The molecule has 0 aliphatic heterocycles. The van der Waals surface area contributed by atoms with Crippen LogP contribution in [0, 0.1) is 9.81 Å². The number of methoxy groups -OCH3 is 1. The van der Waals surface area contributed by atoms with Crippen molar-refractivity contribution in [1.82, 2.24) is 9.55 Å². The van der Waals surface area contributed by atoms with Crippen molar-refractivity contribution in [2.24, 2.45) is 0 Å². The maximum absolute atomic E-state index is 12.6. The highest BCUT2D eigenvalue weighted by Crippen LogP contribution is 2.27. The summed E-state index contributed by atoms with van der Waals surface area (Å²) in [5.41, 5.74) is -1.65. The summed E-state index contributed by atoms with van der Waals surface area (Å²) >= 11 is 3.46. The number of carbonyl (C=O) groups is 1. The maximum Gasteiger partial charge on any atom is 0.331 e. The van der Waals surface area contributed by atoms with E-state index in [0.717, 1.165) is 13.0 Å². The van der Waals surface area contributed by atoms with Crippen LogP contribution in [0.3, 0.4) is 0 Å². The molecule has 2 aromatic heterocycles. The number of rotatable bonds is 2. The summed E-state index contributed by atoms with van der Waals surface area (Å²) in [6.07, 6.45) is 0. The highest BCUT2D eigenvalue weighted by molar-refractivity contribution is 14.1. The summed E-state index contributed by atoms with van der Waals surface area (Å²) in [4.78, 5) is 39.8. The molecule has 0 radical (unpaired) electrons. The average molecular weight is 408 g/mol. The second-order valence-corrected chi connectivity index (χ2v) is 7.66. The number of halogens is 1. The molecule has 20 heavy (non-hydrogen) atoms. The number of hydrogen-bond donors (Lipinski definition) is 1. The van der Waals surface area contributed by atoms with Crippen LogP contribution in [0.15, 0.2) is 9.59 Å². The monoisotopic (exact) mass is 408 g/mol. The minimum Gasteiger partial charge on any atom is -0.467 e. The smallest absolute Gasteiger partial charge is 0.331 e. The minimum atomic E-state index is -1.37. The summed E-state index contributed by atoms with van der Waals surface area (Å²) in [6, 6.07) is 0. The number of aromatic nitrogens is 2. The SMILES string of the molecule is COC(=O)C(C)(C)n1c(=O)[nH]c2sc(I)c(C)c2c1=O. The first-order chi connectivity index (χ1) is 9.21. The van der Waals surface area contributed by atoms with E-state index in [1.165, 1.54) is 32.3 Å². The van der Waals surface area contributed by atoms with Gasteiger partial charge < -0.3 is 4.74 Å². The molecular weight excluding hydrogens is 395 g/mol. The Morgan fingerprint density at radius 1 is 1.40 bits per heavy atom. The van der Waals surface area contributed by atoms with Gasteiger partial charge in [0, 0.05) is 0 Å². The predicted molar refractivity (Wildman–Crippen MR) is 85.5 cm³/mol. The van der Waals surface area contributed by atoms with E-state index in [1.54, 1.807) is 0 Å². The minimum absolute atomic E-state index is 0.441. The Morgan fingerprint density at radius 3 is 2.55 bits per heavy atom. The molecule has 0 aliphatic carbocycles. The number of aromatic amines is 1. The molecule has 0 saturated heterocycles. The van der Waals surface area contributed by atoms with E-state index in [2.05, 4.69) is 32.3 Å².